The molecule has 2 fully saturated rings. The molecule has 1 saturated heterocycles. The molecular weight excluding hydrogens is 156 g/mol. The molecule has 1 aliphatic carbocycles. The number of nitrogens with one attached hydrogen (secondary N) is 2. The lowest BCUT2D eigenvalue weighted by molar-refractivity contribution is -0.126. The van der Waals surface area contributed by atoms with E-state index in [9.17, 15) is 9.59 Å². The molecule has 0 aromatic carbocycles. The maximum absolute atomic E-state index is 11.3. The minimum Gasteiger partial charge on any atom is -0.334 e. The Bertz CT molecular complexity index is 227. The minimum absolute atomic E-state index is 0.0245. The van der Waals surface area contributed by atoms with Crippen LogP contribution in [-0.4, -0.2) is 18.0 Å². The molecule has 2 atom stereocenters. The lowest BCUT2D eigenvalue weighted by Crippen LogP contribution is -2.58. The Kier molecular flexibility index (Phi) is 1.75. The SMILES string of the molecule is O=C1NC(=O)[C@H]2CCCC[C@@H]2N1. The van der Waals surface area contributed by atoms with Crippen LogP contribution in [0, 0.1) is 5.92 Å². The zero-order valence-corrected chi connectivity index (χ0v) is 6.80. The summed E-state index contributed by atoms with van der Waals surface area (Å²) in [7, 11) is 0. The topological polar surface area (TPSA) is 58.2 Å². The van der Waals surface area contributed by atoms with Crippen molar-refractivity contribution in [2.75, 3.05) is 0 Å². The number of carbonyl (C=O) groups excluding carboxylic acids is 2. The van der Waals surface area contributed by atoms with Gasteiger partial charge in [-0.2, -0.15) is 0 Å². The third kappa shape index (κ3) is 1.17. The van der Waals surface area contributed by atoms with E-state index in [0.717, 1.165) is 25.7 Å². The smallest absolute Gasteiger partial charge is 0.321 e. The third-order valence-corrected chi connectivity index (χ3v) is 2.66. The summed E-state index contributed by atoms with van der Waals surface area (Å²) < 4.78 is 0. The predicted octanol–water partition coefficient (Wildman–Crippen LogP) is 0.385. The van der Waals surface area contributed by atoms with Gasteiger partial charge in [0.2, 0.25) is 5.91 Å². The fourth-order valence-corrected chi connectivity index (χ4v) is 2.03. The Morgan fingerprint density at radius 2 is 1.92 bits per heavy atom. The third-order valence-electron chi connectivity index (χ3n) is 2.66. The summed E-state index contributed by atoms with van der Waals surface area (Å²) in [6.45, 7) is 0. The minimum atomic E-state index is -0.330. The van der Waals surface area contributed by atoms with Crippen LogP contribution in [0.1, 0.15) is 25.7 Å². The molecule has 1 heterocycles. The van der Waals surface area contributed by atoms with Crippen LogP contribution in [0.15, 0.2) is 0 Å². The van der Waals surface area contributed by atoms with Gasteiger partial charge >= 0.3 is 6.03 Å². The summed E-state index contributed by atoms with van der Waals surface area (Å²) in [6.07, 6.45) is 4.08. The predicted molar refractivity (Wildman–Crippen MR) is 42.4 cm³/mol. The van der Waals surface area contributed by atoms with Gasteiger partial charge in [-0.1, -0.05) is 12.8 Å². The Morgan fingerprint density at radius 3 is 2.75 bits per heavy atom. The second kappa shape index (κ2) is 2.77. The van der Waals surface area contributed by atoms with Crippen LogP contribution in [-0.2, 0) is 4.79 Å². The summed E-state index contributed by atoms with van der Waals surface area (Å²) in [5, 5.41) is 5.07. The van der Waals surface area contributed by atoms with Crippen LogP contribution in [0.25, 0.3) is 0 Å². The highest BCUT2D eigenvalue weighted by Crippen LogP contribution is 2.26. The summed E-state index contributed by atoms with van der Waals surface area (Å²) in [5.41, 5.74) is 0. The molecule has 0 aromatic heterocycles. The Balaban J connectivity index is 2.11. The first-order valence-electron chi connectivity index (χ1n) is 4.39. The zero-order valence-electron chi connectivity index (χ0n) is 6.80. The first-order chi connectivity index (χ1) is 5.77. The highest BCUT2D eigenvalue weighted by molar-refractivity contribution is 5.98. The van der Waals surface area contributed by atoms with Crippen LogP contribution in [0.2, 0.25) is 0 Å². The van der Waals surface area contributed by atoms with E-state index in [2.05, 4.69) is 10.6 Å². The van der Waals surface area contributed by atoms with E-state index in [1.165, 1.54) is 0 Å². The van der Waals surface area contributed by atoms with Gasteiger partial charge in [0.05, 0.1) is 5.92 Å². The molecule has 4 nitrogen and oxygen atoms in total. The van der Waals surface area contributed by atoms with E-state index in [1.807, 2.05) is 0 Å². The van der Waals surface area contributed by atoms with Gasteiger partial charge in [0.1, 0.15) is 0 Å². The van der Waals surface area contributed by atoms with Crippen molar-refractivity contribution >= 4 is 11.9 Å². The van der Waals surface area contributed by atoms with Crippen molar-refractivity contribution in [2.24, 2.45) is 5.92 Å². The van der Waals surface area contributed by atoms with Crippen molar-refractivity contribution in [3.8, 4) is 0 Å². The standard InChI is InChI=1S/C8H12N2O2/c11-7-5-3-1-2-4-6(5)9-8(12)10-7/h5-6H,1-4H2,(H2,9,10,11,12)/t5-,6-/m0/s1. The molecule has 2 N–H and O–H groups in total. The molecule has 4 heteroatoms. The molecule has 3 amide bonds. The van der Waals surface area contributed by atoms with Crippen molar-refractivity contribution in [1.29, 1.82) is 0 Å². The number of carbonyl (C=O) groups is 2. The van der Waals surface area contributed by atoms with Gasteiger partial charge in [-0.25, -0.2) is 4.79 Å². The van der Waals surface area contributed by atoms with E-state index in [0.29, 0.717) is 0 Å². The summed E-state index contributed by atoms with van der Waals surface area (Å²) in [6, 6.07) is -0.233. The van der Waals surface area contributed by atoms with Crippen molar-refractivity contribution in [3.05, 3.63) is 0 Å². The molecule has 0 unspecified atom stereocenters. The summed E-state index contributed by atoms with van der Waals surface area (Å²) in [5.74, 6) is -0.0695. The molecule has 0 radical (unpaired) electrons. The highest BCUT2D eigenvalue weighted by atomic mass is 16.2. The highest BCUT2D eigenvalue weighted by Gasteiger charge is 2.36. The van der Waals surface area contributed by atoms with Crippen LogP contribution in [0.4, 0.5) is 4.79 Å². The number of rotatable bonds is 0. The number of imide groups is 1. The average molecular weight is 168 g/mol. The Labute approximate surface area is 70.7 Å². The average Bonchev–Trinajstić information content (AvgIpc) is 2.04. The molecule has 0 spiro atoms. The quantitative estimate of drug-likeness (QED) is 0.549. The molecular formula is C8H12N2O2. The number of urea groups is 1. The van der Waals surface area contributed by atoms with E-state index in [4.69, 9.17) is 0 Å². The van der Waals surface area contributed by atoms with Gasteiger partial charge in [-0.15, -0.1) is 0 Å². The zero-order chi connectivity index (χ0) is 8.55. The molecule has 66 valence electrons. The molecule has 1 saturated carbocycles. The van der Waals surface area contributed by atoms with Crippen molar-refractivity contribution in [2.45, 2.75) is 31.7 Å². The van der Waals surface area contributed by atoms with Gasteiger partial charge in [0.25, 0.3) is 0 Å². The second-order valence-corrected chi connectivity index (χ2v) is 3.46. The van der Waals surface area contributed by atoms with Crippen LogP contribution in [0.5, 0.6) is 0 Å². The fraction of sp³-hybridized carbons (Fsp3) is 0.750. The van der Waals surface area contributed by atoms with Crippen LogP contribution >= 0.6 is 0 Å². The van der Waals surface area contributed by atoms with Gasteiger partial charge in [-0.05, 0) is 12.8 Å². The number of fused-ring (bicyclic) bond motifs is 1. The van der Waals surface area contributed by atoms with Gasteiger partial charge in [0, 0.05) is 6.04 Å². The number of hydrogen-bond acceptors (Lipinski definition) is 2. The second-order valence-electron chi connectivity index (χ2n) is 3.46. The Morgan fingerprint density at radius 1 is 1.17 bits per heavy atom. The van der Waals surface area contributed by atoms with Crippen LogP contribution < -0.4 is 10.6 Å². The van der Waals surface area contributed by atoms with Crippen LogP contribution in [0.3, 0.4) is 0 Å². The lowest BCUT2D eigenvalue weighted by atomic mass is 9.83. The van der Waals surface area contributed by atoms with Gasteiger partial charge in [-0.3, -0.25) is 10.1 Å². The van der Waals surface area contributed by atoms with Crippen molar-refractivity contribution in [3.63, 3.8) is 0 Å². The van der Waals surface area contributed by atoms with Crippen molar-refractivity contribution in [1.82, 2.24) is 10.6 Å². The lowest BCUT2D eigenvalue weighted by Gasteiger charge is -2.34. The maximum atomic E-state index is 11.3. The largest absolute Gasteiger partial charge is 0.334 e. The van der Waals surface area contributed by atoms with E-state index >= 15 is 0 Å². The monoisotopic (exact) mass is 168 g/mol. The van der Waals surface area contributed by atoms with Gasteiger partial charge < -0.3 is 5.32 Å². The van der Waals surface area contributed by atoms with E-state index in [1.54, 1.807) is 0 Å². The van der Waals surface area contributed by atoms with Crippen molar-refractivity contribution < 1.29 is 9.59 Å². The maximum Gasteiger partial charge on any atom is 0.321 e. The summed E-state index contributed by atoms with van der Waals surface area (Å²) >= 11 is 0. The first-order valence-corrected chi connectivity index (χ1v) is 4.39. The number of amides is 3. The molecule has 0 bridgehead atoms. The molecule has 2 aliphatic rings. The number of hydrogen-bond donors (Lipinski definition) is 2. The fourth-order valence-electron chi connectivity index (χ4n) is 2.03. The molecule has 2 rings (SSSR count). The molecule has 0 aromatic rings. The van der Waals surface area contributed by atoms with E-state index in [-0.39, 0.29) is 23.9 Å². The summed E-state index contributed by atoms with van der Waals surface area (Å²) in [4.78, 5) is 22.2. The van der Waals surface area contributed by atoms with Gasteiger partial charge in [0.15, 0.2) is 0 Å². The molecule has 1 aliphatic heterocycles. The Hall–Kier alpha value is -1.06. The first kappa shape index (κ1) is 7.58. The van der Waals surface area contributed by atoms with E-state index < -0.39 is 0 Å². The normalized spacial score (nSPS) is 35.0. The molecule has 12 heavy (non-hydrogen) atoms.